The number of amides is 1. The molecule has 0 saturated carbocycles. The third-order valence-electron chi connectivity index (χ3n) is 6.41. The fourth-order valence-corrected chi connectivity index (χ4v) is 4.93. The zero-order chi connectivity index (χ0) is 21.1. The first-order valence-corrected chi connectivity index (χ1v) is 10.7. The molecule has 2 aromatic rings. The predicted octanol–water partition coefficient (Wildman–Crippen LogP) is 1.86. The van der Waals surface area contributed by atoms with Gasteiger partial charge in [0.2, 0.25) is 5.91 Å². The third-order valence-corrected chi connectivity index (χ3v) is 6.41. The normalized spacial score (nSPS) is 23.1. The van der Waals surface area contributed by atoms with Crippen LogP contribution in [0.2, 0.25) is 0 Å². The molecular formula is C23H30N4O3. The summed E-state index contributed by atoms with van der Waals surface area (Å²) in [4.78, 5) is 31.9. The number of nitrogens with zero attached hydrogens (tertiary/aromatic N) is 3. The van der Waals surface area contributed by atoms with Crippen molar-refractivity contribution in [2.24, 2.45) is 5.92 Å². The van der Waals surface area contributed by atoms with Crippen LogP contribution in [0.25, 0.3) is 0 Å². The van der Waals surface area contributed by atoms with Crippen LogP contribution in [-0.2, 0) is 16.1 Å². The van der Waals surface area contributed by atoms with Crippen LogP contribution < -0.4 is 10.9 Å². The molecule has 0 radical (unpaired) electrons. The van der Waals surface area contributed by atoms with Gasteiger partial charge in [-0.2, -0.15) is 0 Å². The van der Waals surface area contributed by atoms with Crippen molar-refractivity contribution < 1.29 is 9.53 Å². The lowest BCUT2D eigenvalue weighted by atomic mass is 9.78. The summed E-state index contributed by atoms with van der Waals surface area (Å²) in [6, 6.07) is 9.57. The molecule has 2 aliphatic heterocycles. The summed E-state index contributed by atoms with van der Waals surface area (Å²) in [5.41, 5.74) is 3.41. The Hall–Kier alpha value is -2.51. The van der Waals surface area contributed by atoms with Crippen molar-refractivity contribution in [1.82, 2.24) is 19.8 Å². The molecule has 1 fully saturated rings. The van der Waals surface area contributed by atoms with E-state index >= 15 is 0 Å². The van der Waals surface area contributed by atoms with E-state index < -0.39 is 0 Å². The van der Waals surface area contributed by atoms with E-state index in [9.17, 15) is 9.59 Å². The van der Waals surface area contributed by atoms with E-state index in [2.05, 4.69) is 34.3 Å². The molecule has 2 aromatic heterocycles. The van der Waals surface area contributed by atoms with Gasteiger partial charge in [-0.25, -0.2) is 0 Å². The molecule has 160 valence electrons. The minimum atomic E-state index is -0.0405. The lowest BCUT2D eigenvalue weighted by molar-refractivity contribution is -0.122. The average Bonchev–Trinajstić information content (AvgIpc) is 2.74. The molecule has 4 heterocycles. The smallest absolute Gasteiger partial charge is 0.251 e. The fraction of sp³-hybridized carbons (Fsp3) is 0.522. The van der Waals surface area contributed by atoms with Crippen LogP contribution in [-0.4, -0.2) is 53.7 Å². The molecule has 1 amide bonds. The quantitative estimate of drug-likeness (QED) is 0.754. The van der Waals surface area contributed by atoms with Gasteiger partial charge in [0, 0.05) is 63.6 Å². The number of piperidine rings is 1. The molecule has 0 unspecified atom stereocenters. The molecule has 1 saturated heterocycles. The van der Waals surface area contributed by atoms with Crippen LogP contribution in [0, 0.1) is 12.8 Å². The minimum Gasteiger partial charge on any atom is -0.384 e. The maximum Gasteiger partial charge on any atom is 0.251 e. The summed E-state index contributed by atoms with van der Waals surface area (Å²) < 4.78 is 6.93. The van der Waals surface area contributed by atoms with Gasteiger partial charge in [-0.15, -0.1) is 0 Å². The summed E-state index contributed by atoms with van der Waals surface area (Å²) in [5, 5.41) is 3.02. The number of rotatable bonds is 7. The number of hydrogen-bond acceptors (Lipinski definition) is 5. The minimum absolute atomic E-state index is 0.0207. The first-order chi connectivity index (χ1) is 14.6. The van der Waals surface area contributed by atoms with E-state index in [1.807, 2.05) is 22.9 Å². The van der Waals surface area contributed by atoms with Crippen molar-refractivity contribution in [2.45, 2.75) is 38.3 Å². The number of likely N-dealkylation sites (tertiary alicyclic amines) is 1. The maximum absolute atomic E-state index is 12.7. The fourth-order valence-electron chi connectivity index (χ4n) is 4.93. The van der Waals surface area contributed by atoms with Crippen molar-refractivity contribution in [3.63, 3.8) is 0 Å². The molecule has 1 N–H and O–H groups in total. The molecule has 2 bridgehead atoms. The van der Waals surface area contributed by atoms with E-state index in [4.69, 9.17) is 4.74 Å². The van der Waals surface area contributed by atoms with E-state index in [1.165, 1.54) is 5.56 Å². The van der Waals surface area contributed by atoms with Crippen molar-refractivity contribution in [3.8, 4) is 0 Å². The number of aromatic nitrogens is 2. The van der Waals surface area contributed by atoms with Crippen LogP contribution in [0.3, 0.4) is 0 Å². The molecule has 4 rings (SSSR count). The Labute approximate surface area is 177 Å². The SMILES string of the molecule is COCCC(=O)NC[C@H]1[C@H]2C[C@H](CN(Cc3ncccc3C)C2)c2cccc(=O)n21. The van der Waals surface area contributed by atoms with Gasteiger partial charge in [-0.05, 0) is 37.0 Å². The monoisotopic (exact) mass is 410 g/mol. The standard InChI is InChI=1S/C23H30N4O3/c1-16-5-4-9-24-19(16)15-26-13-17-11-18(14-26)21(12-25-22(28)8-10-30-2)27-20(17)6-3-7-23(27)29/h3-7,9,17-18,21H,8,10-15H2,1-2H3,(H,25,28)/t17-,18+,21+/m1/s1. The van der Waals surface area contributed by atoms with E-state index in [0.717, 1.165) is 37.4 Å². The highest BCUT2D eigenvalue weighted by atomic mass is 16.5. The van der Waals surface area contributed by atoms with Crippen molar-refractivity contribution in [2.75, 3.05) is 33.4 Å². The first-order valence-electron chi connectivity index (χ1n) is 10.7. The zero-order valence-electron chi connectivity index (χ0n) is 17.7. The summed E-state index contributed by atoms with van der Waals surface area (Å²) in [5.74, 6) is 0.589. The van der Waals surface area contributed by atoms with Gasteiger partial charge in [0.15, 0.2) is 0 Å². The Morgan fingerprint density at radius 1 is 1.27 bits per heavy atom. The van der Waals surface area contributed by atoms with Crippen LogP contribution >= 0.6 is 0 Å². The van der Waals surface area contributed by atoms with E-state index in [0.29, 0.717) is 31.4 Å². The topological polar surface area (TPSA) is 76.5 Å². The Kier molecular flexibility index (Phi) is 6.29. The number of carbonyl (C=O) groups is 1. The van der Waals surface area contributed by atoms with Crippen LogP contribution in [0.15, 0.2) is 41.3 Å². The van der Waals surface area contributed by atoms with Gasteiger partial charge < -0.3 is 14.6 Å². The maximum atomic E-state index is 12.7. The van der Waals surface area contributed by atoms with Gasteiger partial charge in [0.05, 0.1) is 18.3 Å². The Morgan fingerprint density at radius 2 is 2.13 bits per heavy atom. The summed E-state index contributed by atoms with van der Waals surface area (Å²) in [6.45, 7) is 5.59. The number of ether oxygens (including phenoxy) is 1. The van der Waals surface area contributed by atoms with Gasteiger partial charge >= 0.3 is 0 Å². The highest BCUT2D eigenvalue weighted by Crippen LogP contribution is 2.41. The number of nitrogens with one attached hydrogen (secondary N) is 1. The van der Waals surface area contributed by atoms with Gasteiger partial charge in [0.25, 0.3) is 5.56 Å². The molecule has 3 atom stereocenters. The van der Waals surface area contributed by atoms with Crippen molar-refractivity contribution >= 4 is 5.91 Å². The van der Waals surface area contributed by atoms with Crippen molar-refractivity contribution in [3.05, 3.63) is 63.8 Å². The number of aryl methyl sites for hydroxylation is 1. The predicted molar refractivity (Wildman–Crippen MR) is 114 cm³/mol. The second-order valence-corrected chi connectivity index (χ2v) is 8.43. The van der Waals surface area contributed by atoms with Crippen molar-refractivity contribution in [1.29, 1.82) is 0 Å². The molecule has 0 aliphatic carbocycles. The molecule has 2 aliphatic rings. The van der Waals surface area contributed by atoms with E-state index in [-0.39, 0.29) is 17.5 Å². The molecule has 7 nitrogen and oxygen atoms in total. The Bertz CT molecular complexity index is 957. The lowest BCUT2D eigenvalue weighted by Gasteiger charge is -2.47. The zero-order valence-corrected chi connectivity index (χ0v) is 17.7. The summed E-state index contributed by atoms with van der Waals surface area (Å²) in [6.07, 6.45) is 3.22. The summed E-state index contributed by atoms with van der Waals surface area (Å²) in [7, 11) is 1.59. The Morgan fingerprint density at radius 3 is 2.93 bits per heavy atom. The second-order valence-electron chi connectivity index (χ2n) is 8.43. The highest BCUT2D eigenvalue weighted by Gasteiger charge is 2.40. The third kappa shape index (κ3) is 4.32. The number of fused-ring (bicyclic) bond motifs is 4. The highest BCUT2D eigenvalue weighted by molar-refractivity contribution is 5.75. The average molecular weight is 411 g/mol. The molecule has 0 aromatic carbocycles. The van der Waals surface area contributed by atoms with Gasteiger partial charge in [-0.1, -0.05) is 12.1 Å². The van der Waals surface area contributed by atoms with E-state index in [1.54, 1.807) is 13.2 Å². The molecular weight excluding hydrogens is 380 g/mol. The molecule has 0 spiro atoms. The Balaban J connectivity index is 1.56. The largest absolute Gasteiger partial charge is 0.384 e. The molecule has 30 heavy (non-hydrogen) atoms. The van der Waals surface area contributed by atoms with Crippen LogP contribution in [0.5, 0.6) is 0 Å². The van der Waals surface area contributed by atoms with Gasteiger partial charge in [-0.3, -0.25) is 19.5 Å². The first kappa shape index (κ1) is 20.8. The number of carbonyl (C=O) groups excluding carboxylic acids is 1. The van der Waals surface area contributed by atoms with Crippen LogP contribution in [0.4, 0.5) is 0 Å². The summed E-state index contributed by atoms with van der Waals surface area (Å²) >= 11 is 0. The lowest BCUT2D eigenvalue weighted by Crippen LogP contribution is -2.51. The van der Waals surface area contributed by atoms with Crippen LogP contribution in [0.1, 0.15) is 41.8 Å². The van der Waals surface area contributed by atoms with Gasteiger partial charge in [0.1, 0.15) is 0 Å². The number of pyridine rings is 2. The number of methoxy groups -OCH3 is 1. The molecule has 7 heteroatoms. The second kappa shape index (κ2) is 9.10. The number of hydrogen-bond donors (Lipinski definition) is 1.